The molecule has 0 saturated heterocycles. The summed E-state index contributed by atoms with van der Waals surface area (Å²) in [7, 11) is 0. The number of benzene rings is 2. The minimum Gasteiger partial charge on any atom is -0.399 e. The zero-order chi connectivity index (χ0) is 14.0. The Labute approximate surface area is 116 Å². The van der Waals surface area contributed by atoms with Gasteiger partial charge in [0.05, 0.1) is 0 Å². The highest BCUT2D eigenvalue weighted by atomic mass is 14.5. The van der Waals surface area contributed by atoms with Gasteiger partial charge in [0.25, 0.3) is 0 Å². The van der Waals surface area contributed by atoms with Gasteiger partial charge in [-0.2, -0.15) is 0 Å². The quantitative estimate of drug-likeness (QED) is 0.749. The van der Waals surface area contributed by atoms with Crippen molar-refractivity contribution in [3.05, 3.63) is 53.6 Å². The molecule has 2 aromatic carbocycles. The predicted molar refractivity (Wildman–Crippen MR) is 84.5 cm³/mol. The van der Waals surface area contributed by atoms with Crippen molar-refractivity contribution < 1.29 is 0 Å². The number of nitrogens with two attached hydrogens (primary N) is 1. The van der Waals surface area contributed by atoms with Crippen LogP contribution >= 0.6 is 0 Å². The Hall–Kier alpha value is -1.76. The third-order valence-corrected chi connectivity index (χ3v) is 3.56. The van der Waals surface area contributed by atoms with Gasteiger partial charge in [-0.05, 0) is 46.2 Å². The molecule has 0 atom stereocenters. The monoisotopic (exact) mass is 253 g/mol. The maximum atomic E-state index is 5.90. The molecule has 0 amide bonds. The van der Waals surface area contributed by atoms with E-state index in [4.69, 9.17) is 5.73 Å². The molecular formula is C18H23N. The smallest absolute Gasteiger partial charge is 0.0320 e. The van der Waals surface area contributed by atoms with Gasteiger partial charge >= 0.3 is 0 Å². The number of nitrogen functional groups attached to an aromatic ring is 1. The first-order chi connectivity index (χ1) is 8.99. The second-order valence-corrected chi connectivity index (χ2v) is 5.78. The van der Waals surface area contributed by atoms with Crippen molar-refractivity contribution in [1.29, 1.82) is 0 Å². The summed E-state index contributed by atoms with van der Waals surface area (Å²) in [5.41, 5.74) is 12.0. The first kappa shape index (κ1) is 13.7. The molecular weight excluding hydrogens is 230 g/mol. The summed E-state index contributed by atoms with van der Waals surface area (Å²) >= 11 is 0. The molecule has 1 heteroatoms. The molecule has 0 spiro atoms. The Morgan fingerprint density at radius 2 is 1.58 bits per heavy atom. The number of hydrogen-bond acceptors (Lipinski definition) is 1. The fourth-order valence-corrected chi connectivity index (χ4v) is 2.39. The van der Waals surface area contributed by atoms with Crippen molar-refractivity contribution in [2.75, 3.05) is 5.73 Å². The van der Waals surface area contributed by atoms with Crippen LogP contribution in [0.5, 0.6) is 0 Å². The van der Waals surface area contributed by atoms with E-state index in [1.807, 2.05) is 12.1 Å². The fourth-order valence-electron chi connectivity index (χ4n) is 2.39. The van der Waals surface area contributed by atoms with E-state index in [0.29, 0.717) is 11.8 Å². The first-order valence-corrected chi connectivity index (χ1v) is 6.98. The van der Waals surface area contributed by atoms with Crippen LogP contribution in [0, 0.1) is 0 Å². The van der Waals surface area contributed by atoms with Gasteiger partial charge < -0.3 is 5.73 Å². The Morgan fingerprint density at radius 1 is 0.842 bits per heavy atom. The van der Waals surface area contributed by atoms with Crippen LogP contribution in [-0.2, 0) is 0 Å². The highest BCUT2D eigenvalue weighted by molar-refractivity contribution is 5.71. The van der Waals surface area contributed by atoms with Gasteiger partial charge in [0.1, 0.15) is 0 Å². The van der Waals surface area contributed by atoms with E-state index in [1.54, 1.807) is 0 Å². The highest BCUT2D eigenvalue weighted by Gasteiger charge is 2.11. The second kappa shape index (κ2) is 5.48. The summed E-state index contributed by atoms with van der Waals surface area (Å²) in [6.07, 6.45) is 0. The van der Waals surface area contributed by atoms with Gasteiger partial charge in [0, 0.05) is 5.69 Å². The predicted octanol–water partition coefficient (Wildman–Crippen LogP) is 5.18. The molecule has 0 heterocycles. The lowest BCUT2D eigenvalue weighted by Crippen LogP contribution is -1.97. The maximum absolute atomic E-state index is 5.90. The van der Waals surface area contributed by atoms with Gasteiger partial charge in [-0.3, -0.25) is 0 Å². The minimum absolute atomic E-state index is 0.509. The number of rotatable bonds is 3. The molecule has 0 aliphatic heterocycles. The van der Waals surface area contributed by atoms with E-state index in [2.05, 4.69) is 58.0 Å². The van der Waals surface area contributed by atoms with Crippen LogP contribution in [0.2, 0.25) is 0 Å². The molecule has 2 N–H and O–H groups in total. The van der Waals surface area contributed by atoms with Gasteiger partial charge in [-0.1, -0.05) is 58.0 Å². The van der Waals surface area contributed by atoms with Gasteiger partial charge in [-0.25, -0.2) is 0 Å². The summed E-state index contributed by atoms with van der Waals surface area (Å²) in [5, 5.41) is 0. The molecule has 0 aliphatic rings. The van der Waals surface area contributed by atoms with Crippen LogP contribution in [0.1, 0.15) is 50.7 Å². The van der Waals surface area contributed by atoms with Crippen LogP contribution in [0.15, 0.2) is 42.5 Å². The van der Waals surface area contributed by atoms with Crippen molar-refractivity contribution >= 4 is 5.69 Å². The molecule has 19 heavy (non-hydrogen) atoms. The first-order valence-electron chi connectivity index (χ1n) is 6.98. The molecule has 100 valence electrons. The van der Waals surface area contributed by atoms with E-state index in [1.165, 1.54) is 22.3 Å². The van der Waals surface area contributed by atoms with Crippen LogP contribution in [0.3, 0.4) is 0 Å². The Kier molecular flexibility index (Phi) is 3.94. The number of anilines is 1. The summed E-state index contributed by atoms with van der Waals surface area (Å²) in [4.78, 5) is 0. The fraction of sp³-hybridized carbons (Fsp3) is 0.333. The minimum atomic E-state index is 0.509. The normalized spacial score (nSPS) is 11.3. The van der Waals surface area contributed by atoms with Crippen molar-refractivity contribution in [2.24, 2.45) is 0 Å². The summed E-state index contributed by atoms with van der Waals surface area (Å²) < 4.78 is 0. The second-order valence-electron chi connectivity index (χ2n) is 5.78. The molecule has 0 aliphatic carbocycles. The van der Waals surface area contributed by atoms with Crippen LogP contribution < -0.4 is 5.73 Å². The molecule has 0 fully saturated rings. The number of hydrogen-bond donors (Lipinski definition) is 1. The molecule has 0 saturated carbocycles. The standard InChI is InChI=1S/C18H23N/c1-12(2)14-8-9-17(18(11-14)13(3)4)15-6-5-7-16(19)10-15/h5-13H,19H2,1-4H3. The zero-order valence-electron chi connectivity index (χ0n) is 12.3. The molecule has 0 unspecified atom stereocenters. The maximum Gasteiger partial charge on any atom is 0.0320 e. The molecule has 2 rings (SSSR count). The van der Waals surface area contributed by atoms with Gasteiger partial charge in [0.2, 0.25) is 0 Å². The summed E-state index contributed by atoms with van der Waals surface area (Å²) in [6, 6.07) is 14.9. The molecule has 0 radical (unpaired) electrons. The SMILES string of the molecule is CC(C)c1ccc(-c2cccc(N)c2)c(C(C)C)c1. The van der Waals surface area contributed by atoms with E-state index in [0.717, 1.165) is 5.69 Å². The molecule has 0 bridgehead atoms. The average molecular weight is 253 g/mol. The van der Waals surface area contributed by atoms with Crippen molar-refractivity contribution in [2.45, 2.75) is 39.5 Å². The Balaban J connectivity index is 2.57. The highest BCUT2D eigenvalue weighted by Crippen LogP contribution is 2.32. The van der Waals surface area contributed by atoms with E-state index in [-0.39, 0.29) is 0 Å². The van der Waals surface area contributed by atoms with E-state index in [9.17, 15) is 0 Å². The Morgan fingerprint density at radius 3 is 2.16 bits per heavy atom. The van der Waals surface area contributed by atoms with Crippen LogP contribution in [-0.4, -0.2) is 0 Å². The van der Waals surface area contributed by atoms with Crippen molar-refractivity contribution in [3.8, 4) is 11.1 Å². The summed E-state index contributed by atoms with van der Waals surface area (Å²) in [6.45, 7) is 8.96. The molecule has 1 nitrogen and oxygen atoms in total. The Bertz CT molecular complexity index is 568. The lowest BCUT2D eigenvalue weighted by Gasteiger charge is -2.17. The topological polar surface area (TPSA) is 26.0 Å². The largest absolute Gasteiger partial charge is 0.399 e. The zero-order valence-corrected chi connectivity index (χ0v) is 12.3. The molecule has 2 aromatic rings. The third-order valence-electron chi connectivity index (χ3n) is 3.56. The average Bonchev–Trinajstić information content (AvgIpc) is 2.37. The molecule has 0 aromatic heterocycles. The van der Waals surface area contributed by atoms with Crippen molar-refractivity contribution in [1.82, 2.24) is 0 Å². The summed E-state index contributed by atoms with van der Waals surface area (Å²) in [5.74, 6) is 1.07. The van der Waals surface area contributed by atoms with Gasteiger partial charge in [0.15, 0.2) is 0 Å². The lowest BCUT2D eigenvalue weighted by molar-refractivity contribution is 0.835. The van der Waals surface area contributed by atoms with Crippen LogP contribution in [0.4, 0.5) is 5.69 Å². The third kappa shape index (κ3) is 2.98. The van der Waals surface area contributed by atoms with E-state index < -0.39 is 0 Å². The van der Waals surface area contributed by atoms with Gasteiger partial charge in [-0.15, -0.1) is 0 Å². The van der Waals surface area contributed by atoms with E-state index >= 15 is 0 Å². The van der Waals surface area contributed by atoms with Crippen molar-refractivity contribution in [3.63, 3.8) is 0 Å². The van der Waals surface area contributed by atoms with Crippen LogP contribution in [0.25, 0.3) is 11.1 Å². The lowest BCUT2D eigenvalue weighted by atomic mass is 9.88.